The van der Waals surface area contributed by atoms with Gasteiger partial charge >= 0.3 is 0 Å². The predicted molar refractivity (Wildman–Crippen MR) is 77.8 cm³/mol. The second kappa shape index (κ2) is 6.21. The summed E-state index contributed by atoms with van der Waals surface area (Å²) in [6, 6.07) is 8.72. The molecule has 0 aromatic heterocycles. The van der Waals surface area contributed by atoms with E-state index in [2.05, 4.69) is 45.2 Å². The van der Waals surface area contributed by atoms with E-state index >= 15 is 0 Å². The van der Waals surface area contributed by atoms with Gasteiger partial charge < -0.3 is 10.2 Å². The molecule has 4 heteroatoms. The van der Waals surface area contributed by atoms with Gasteiger partial charge in [0, 0.05) is 29.3 Å². The van der Waals surface area contributed by atoms with E-state index in [1.54, 1.807) is 0 Å². The highest BCUT2D eigenvalue weighted by molar-refractivity contribution is 9.10. The lowest BCUT2D eigenvalue weighted by atomic mass is 10.1. The van der Waals surface area contributed by atoms with Crippen LogP contribution in [0.5, 0.6) is 0 Å². The standard InChI is InChI=1S/C14H18BrN3/c1-2-5-18(13-3-4-17-10-13)14-7-11(9-16)6-12(15)8-14/h6-8,13,17H,2-5,10H2,1H3. The molecule has 1 aliphatic rings. The van der Waals surface area contributed by atoms with Crippen molar-refractivity contribution in [2.45, 2.75) is 25.8 Å². The van der Waals surface area contributed by atoms with Crippen molar-refractivity contribution < 1.29 is 0 Å². The molecule has 3 nitrogen and oxygen atoms in total. The average molecular weight is 308 g/mol. The van der Waals surface area contributed by atoms with Gasteiger partial charge in [0.1, 0.15) is 0 Å². The highest BCUT2D eigenvalue weighted by atomic mass is 79.9. The van der Waals surface area contributed by atoms with Crippen LogP contribution in [-0.2, 0) is 0 Å². The number of nitrogens with one attached hydrogen (secondary N) is 1. The first kappa shape index (κ1) is 13.4. The predicted octanol–water partition coefficient (Wildman–Crippen LogP) is 2.90. The molecule has 0 saturated carbocycles. The molecule has 1 unspecified atom stereocenters. The summed E-state index contributed by atoms with van der Waals surface area (Å²) in [5.41, 5.74) is 1.86. The molecular formula is C14H18BrN3. The summed E-state index contributed by atoms with van der Waals surface area (Å²) in [7, 11) is 0. The van der Waals surface area contributed by atoms with E-state index in [0.717, 1.165) is 36.2 Å². The molecule has 1 atom stereocenters. The summed E-state index contributed by atoms with van der Waals surface area (Å²) < 4.78 is 0.976. The lowest BCUT2D eigenvalue weighted by molar-refractivity contribution is 0.625. The van der Waals surface area contributed by atoms with Crippen LogP contribution in [0, 0.1) is 11.3 Å². The molecule has 96 valence electrons. The van der Waals surface area contributed by atoms with Gasteiger partial charge in [-0.05, 0) is 37.6 Å². The van der Waals surface area contributed by atoms with Crippen molar-refractivity contribution in [3.63, 3.8) is 0 Å². The summed E-state index contributed by atoms with van der Waals surface area (Å²) >= 11 is 3.49. The third kappa shape index (κ3) is 3.04. The Labute approximate surface area is 117 Å². The average Bonchev–Trinajstić information content (AvgIpc) is 2.88. The van der Waals surface area contributed by atoms with Crippen molar-refractivity contribution >= 4 is 21.6 Å². The number of halogens is 1. The van der Waals surface area contributed by atoms with Crippen molar-refractivity contribution in [1.82, 2.24) is 5.32 Å². The Morgan fingerprint density at radius 3 is 2.94 bits per heavy atom. The molecule has 0 bridgehead atoms. The number of hydrogen-bond donors (Lipinski definition) is 1. The van der Waals surface area contributed by atoms with Gasteiger partial charge in [0.05, 0.1) is 11.6 Å². The Morgan fingerprint density at radius 2 is 2.33 bits per heavy atom. The quantitative estimate of drug-likeness (QED) is 0.929. The van der Waals surface area contributed by atoms with Crippen LogP contribution in [0.1, 0.15) is 25.3 Å². The number of hydrogen-bond acceptors (Lipinski definition) is 3. The van der Waals surface area contributed by atoms with Crippen molar-refractivity contribution in [3.05, 3.63) is 28.2 Å². The first-order valence-electron chi connectivity index (χ1n) is 6.42. The largest absolute Gasteiger partial charge is 0.367 e. The third-order valence-electron chi connectivity index (χ3n) is 3.28. The third-order valence-corrected chi connectivity index (χ3v) is 3.74. The minimum absolute atomic E-state index is 0.547. The molecule has 0 radical (unpaired) electrons. The van der Waals surface area contributed by atoms with Crippen LogP contribution < -0.4 is 10.2 Å². The van der Waals surface area contributed by atoms with Crippen LogP contribution in [0.15, 0.2) is 22.7 Å². The molecule has 1 aliphatic heterocycles. The zero-order chi connectivity index (χ0) is 13.0. The molecule has 1 aromatic rings. The zero-order valence-corrected chi connectivity index (χ0v) is 12.2. The van der Waals surface area contributed by atoms with Crippen LogP contribution in [0.3, 0.4) is 0 Å². The summed E-state index contributed by atoms with van der Waals surface area (Å²) in [6.07, 6.45) is 2.29. The molecule has 18 heavy (non-hydrogen) atoms. The monoisotopic (exact) mass is 307 g/mol. The minimum atomic E-state index is 0.547. The van der Waals surface area contributed by atoms with Gasteiger partial charge in [-0.1, -0.05) is 22.9 Å². The molecule has 2 rings (SSSR count). The smallest absolute Gasteiger partial charge is 0.0992 e. The molecule has 1 heterocycles. The van der Waals surface area contributed by atoms with Gasteiger partial charge in [-0.25, -0.2) is 0 Å². The van der Waals surface area contributed by atoms with E-state index in [1.165, 1.54) is 6.42 Å². The van der Waals surface area contributed by atoms with Crippen LogP contribution in [0.4, 0.5) is 5.69 Å². The van der Waals surface area contributed by atoms with Gasteiger partial charge in [-0.15, -0.1) is 0 Å². The second-order valence-corrected chi connectivity index (χ2v) is 5.57. The molecule has 0 amide bonds. The first-order chi connectivity index (χ1) is 8.74. The van der Waals surface area contributed by atoms with Crippen molar-refractivity contribution in [3.8, 4) is 6.07 Å². The molecule has 1 N–H and O–H groups in total. The van der Waals surface area contributed by atoms with Crippen LogP contribution >= 0.6 is 15.9 Å². The SMILES string of the molecule is CCCN(c1cc(Br)cc(C#N)c1)C1CCNC1. The highest BCUT2D eigenvalue weighted by Crippen LogP contribution is 2.26. The van der Waals surface area contributed by atoms with Crippen molar-refractivity contribution in [2.75, 3.05) is 24.5 Å². The minimum Gasteiger partial charge on any atom is -0.367 e. The van der Waals surface area contributed by atoms with Crippen LogP contribution in [-0.4, -0.2) is 25.7 Å². The van der Waals surface area contributed by atoms with E-state index in [1.807, 2.05) is 12.1 Å². The normalized spacial score (nSPS) is 18.6. The Balaban J connectivity index is 2.29. The maximum Gasteiger partial charge on any atom is 0.0992 e. The van der Waals surface area contributed by atoms with Gasteiger partial charge in [0.15, 0.2) is 0 Å². The Morgan fingerprint density at radius 1 is 1.50 bits per heavy atom. The van der Waals surface area contributed by atoms with E-state index in [-0.39, 0.29) is 0 Å². The summed E-state index contributed by atoms with van der Waals surface area (Å²) in [6.45, 7) is 5.35. The van der Waals surface area contributed by atoms with Gasteiger partial charge in [0.2, 0.25) is 0 Å². The van der Waals surface area contributed by atoms with E-state index in [0.29, 0.717) is 11.6 Å². The Bertz CT molecular complexity index is 447. The maximum absolute atomic E-state index is 9.06. The fourth-order valence-electron chi connectivity index (χ4n) is 2.47. The first-order valence-corrected chi connectivity index (χ1v) is 7.22. The summed E-state index contributed by atoms with van der Waals surface area (Å²) in [5, 5.41) is 12.5. The Hall–Kier alpha value is -1.05. The second-order valence-electron chi connectivity index (χ2n) is 4.65. The topological polar surface area (TPSA) is 39.1 Å². The van der Waals surface area contributed by atoms with Gasteiger partial charge in [-0.2, -0.15) is 5.26 Å². The lowest BCUT2D eigenvalue weighted by Crippen LogP contribution is -2.37. The molecule has 1 aromatic carbocycles. The van der Waals surface area contributed by atoms with Gasteiger partial charge in [-0.3, -0.25) is 0 Å². The van der Waals surface area contributed by atoms with E-state index in [4.69, 9.17) is 5.26 Å². The maximum atomic E-state index is 9.06. The van der Waals surface area contributed by atoms with Crippen LogP contribution in [0.2, 0.25) is 0 Å². The zero-order valence-electron chi connectivity index (χ0n) is 10.6. The summed E-state index contributed by atoms with van der Waals surface area (Å²) in [5.74, 6) is 0. The Kier molecular flexibility index (Phi) is 4.62. The molecular weight excluding hydrogens is 290 g/mol. The summed E-state index contributed by atoms with van der Waals surface area (Å²) in [4.78, 5) is 2.42. The molecule has 1 saturated heterocycles. The lowest BCUT2D eigenvalue weighted by Gasteiger charge is -2.30. The fraction of sp³-hybridized carbons (Fsp3) is 0.500. The van der Waals surface area contributed by atoms with Gasteiger partial charge in [0.25, 0.3) is 0 Å². The molecule has 0 aliphatic carbocycles. The fourth-order valence-corrected chi connectivity index (χ4v) is 2.95. The molecule has 0 spiro atoms. The van der Waals surface area contributed by atoms with Crippen molar-refractivity contribution in [1.29, 1.82) is 5.26 Å². The number of benzene rings is 1. The number of nitrogens with zero attached hydrogens (tertiary/aromatic N) is 2. The molecule has 1 fully saturated rings. The highest BCUT2D eigenvalue weighted by Gasteiger charge is 2.22. The van der Waals surface area contributed by atoms with Crippen LogP contribution in [0.25, 0.3) is 0 Å². The van der Waals surface area contributed by atoms with E-state index < -0.39 is 0 Å². The van der Waals surface area contributed by atoms with E-state index in [9.17, 15) is 0 Å². The number of anilines is 1. The number of rotatable bonds is 4. The number of nitriles is 1. The van der Waals surface area contributed by atoms with Crippen molar-refractivity contribution in [2.24, 2.45) is 0 Å².